The highest BCUT2D eigenvalue weighted by atomic mass is 16.6. The van der Waals surface area contributed by atoms with Crippen LogP contribution >= 0.6 is 0 Å². The lowest BCUT2D eigenvalue weighted by molar-refractivity contribution is -0.151. The van der Waals surface area contributed by atoms with Crippen molar-refractivity contribution in [3.63, 3.8) is 0 Å². The van der Waals surface area contributed by atoms with Crippen molar-refractivity contribution in [2.24, 2.45) is 0 Å². The SMILES string of the molecule is CCCCCCCC/C=C\CCCCCCCC(=O)OC[C@@H](O)[C@H]1OC[C@H](O)[C@H]1O.CCO. The molecule has 1 aliphatic rings. The van der Waals surface area contributed by atoms with E-state index in [1.165, 1.54) is 57.8 Å². The first kappa shape index (κ1) is 32.0. The Morgan fingerprint density at radius 1 is 0.939 bits per heavy atom. The highest BCUT2D eigenvalue weighted by molar-refractivity contribution is 5.69. The van der Waals surface area contributed by atoms with Crippen molar-refractivity contribution in [2.75, 3.05) is 19.8 Å². The number of unbranched alkanes of at least 4 members (excludes halogenated alkanes) is 11. The van der Waals surface area contributed by atoms with Gasteiger partial charge in [-0.3, -0.25) is 4.79 Å². The van der Waals surface area contributed by atoms with Crippen molar-refractivity contribution in [3.8, 4) is 0 Å². The van der Waals surface area contributed by atoms with Gasteiger partial charge in [-0.15, -0.1) is 0 Å². The number of aliphatic hydroxyl groups is 4. The molecule has 0 aliphatic carbocycles. The van der Waals surface area contributed by atoms with E-state index in [0.29, 0.717) is 6.42 Å². The second kappa shape index (κ2) is 22.8. The molecule has 1 heterocycles. The average Bonchev–Trinajstić information content (AvgIpc) is 3.13. The number of carbonyl (C=O) groups is 1. The van der Waals surface area contributed by atoms with Gasteiger partial charge in [0, 0.05) is 13.0 Å². The number of carbonyl (C=O) groups excluding carboxylic acids is 1. The lowest BCUT2D eigenvalue weighted by atomic mass is 10.1. The molecule has 33 heavy (non-hydrogen) atoms. The van der Waals surface area contributed by atoms with E-state index in [4.69, 9.17) is 14.6 Å². The highest BCUT2D eigenvalue weighted by Crippen LogP contribution is 2.18. The summed E-state index contributed by atoms with van der Waals surface area (Å²) in [5.41, 5.74) is 0. The maximum atomic E-state index is 11.7. The lowest BCUT2D eigenvalue weighted by Gasteiger charge is -2.20. The molecule has 0 amide bonds. The molecule has 0 radical (unpaired) electrons. The zero-order chi connectivity index (χ0) is 24.7. The Morgan fingerprint density at radius 2 is 1.45 bits per heavy atom. The molecular formula is C26H50O7. The van der Waals surface area contributed by atoms with E-state index in [9.17, 15) is 20.1 Å². The van der Waals surface area contributed by atoms with Gasteiger partial charge in [0.1, 0.15) is 31.0 Å². The Balaban J connectivity index is 0.00000322. The third-order valence-electron chi connectivity index (χ3n) is 5.63. The van der Waals surface area contributed by atoms with Gasteiger partial charge in [0.25, 0.3) is 0 Å². The van der Waals surface area contributed by atoms with Crippen molar-refractivity contribution in [3.05, 3.63) is 12.2 Å². The molecule has 0 saturated carbocycles. The van der Waals surface area contributed by atoms with Gasteiger partial charge in [0.2, 0.25) is 0 Å². The van der Waals surface area contributed by atoms with Crippen molar-refractivity contribution >= 4 is 5.97 Å². The van der Waals surface area contributed by atoms with Crippen LogP contribution in [0.1, 0.15) is 104 Å². The number of allylic oxidation sites excluding steroid dienone is 2. The first-order valence-electron chi connectivity index (χ1n) is 13.0. The summed E-state index contributed by atoms with van der Waals surface area (Å²) in [5, 5.41) is 36.5. The smallest absolute Gasteiger partial charge is 0.305 e. The molecule has 1 saturated heterocycles. The number of hydrogen-bond acceptors (Lipinski definition) is 7. The molecule has 4 N–H and O–H groups in total. The Morgan fingerprint density at radius 3 is 1.97 bits per heavy atom. The van der Waals surface area contributed by atoms with E-state index < -0.39 is 24.4 Å². The molecule has 7 nitrogen and oxygen atoms in total. The molecule has 1 rings (SSSR count). The Hall–Kier alpha value is -0.990. The summed E-state index contributed by atoms with van der Waals surface area (Å²) in [5.74, 6) is -0.347. The Bertz CT molecular complexity index is 470. The zero-order valence-corrected chi connectivity index (χ0v) is 21.0. The van der Waals surface area contributed by atoms with Gasteiger partial charge in [-0.05, 0) is 39.0 Å². The van der Waals surface area contributed by atoms with Crippen LogP contribution in [-0.4, -0.2) is 70.6 Å². The molecule has 4 atom stereocenters. The zero-order valence-electron chi connectivity index (χ0n) is 21.0. The maximum absolute atomic E-state index is 11.7. The van der Waals surface area contributed by atoms with Gasteiger partial charge < -0.3 is 29.9 Å². The summed E-state index contributed by atoms with van der Waals surface area (Å²) in [6.45, 7) is 3.93. The van der Waals surface area contributed by atoms with Crippen LogP contribution in [-0.2, 0) is 14.3 Å². The van der Waals surface area contributed by atoms with Gasteiger partial charge in [-0.2, -0.15) is 0 Å². The van der Waals surface area contributed by atoms with Crippen LogP contribution in [0.4, 0.5) is 0 Å². The van der Waals surface area contributed by atoms with Gasteiger partial charge in [-0.25, -0.2) is 0 Å². The monoisotopic (exact) mass is 474 g/mol. The fourth-order valence-electron chi connectivity index (χ4n) is 3.65. The predicted molar refractivity (Wildman–Crippen MR) is 131 cm³/mol. The highest BCUT2D eigenvalue weighted by Gasteiger charge is 2.39. The second-order valence-electron chi connectivity index (χ2n) is 8.76. The average molecular weight is 475 g/mol. The molecule has 1 aliphatic heterocycles. The van der Waals surface area contributed by atoms with Gasteiger partial charge in [-0.1, -0.05) is 70.4 Å². The van der Waals surface area contributed by atoms with E-state index in [1.807, 2.05) is 0 Å². The normalized spacial score (nSPS) is 21.1. The van der Waals surface area contributed by atoms with E-state index in [2.05, 4.69) is 19.1 Å². The number of aliphatic hydroxyl groups excluding tert-OH is 4. The number of rotatable bonds is 18. The van der Waals surface area contributed by atoms with Crippen molar-refractivity contribution in [2.45, 2.75) is 128 Å². The first-order valence-corrected chi connectivity index (χ1v) is 13.0. The van der Waals surface area contributed by atoms with E-state index in [1.54, 1.807) is 6.92 Å². The van der Waals surface area contributed by atoms with Crippen LogP contribution in [0.15, 0.2) is 12.2 Å². The summed E-state index contributed by atoms with van der Waals surface area (Å²) in [4.78, 5) is 11.7. The minimum absolute atomic E-state index is 0.0221. The van der Waals surface area contributed by atoms with Crippen molar-refractivity contribution in [1.82, 2.24) is 0 Å². The molecule has 0 bridgehead atoms. The standard InChI is InChI=1S/C24H44O6.C2H6O/c1-2-3-4-5-6-7-8-9-10-11-12-13-14-15-16-17-22(27)29-19-21(26)24-23(28)20(25)18-30-24;1-2-3/h9-10,20-21,23-26,28H,2-8,11-19H2,1H3;3H,2H2,1H3/b10-9-;/t20-,21+,23+,24+;/m0./s1. The molecule has 7 heteroatoms. The molecule has 1 fully saturated rings. The lowest BCUT2D eigenvalue weighted by Crippen LogP contribution is -2.41. The molecule has 0 aromatic rings. The first-order chi connectivity index (χ1) is 16.0. The predicted octanol–water partition coefficient (Wildman–Crippen LogP) is 4.05. The molecule has 0 unspecified atom stereocenters. The third-order valence-corrected chi connectivity index (χ3v) is 5.63. The van der Waals surface area contributed by atoms with E-state index >= 15 is 0 Å². The van der Waals surface area contributed by atoms with E-state index in [-0.39, 0.29) is 25.8 Å². The largest absolute Gasteiger partial charge is 0.463 e. The maximum Gasteiger partial charge on any atom is 0.305 e. The fourth-order valence-corrected chi connectivity index (χ4v) is 3.65. The van der Waals surface area contributed by atoms with Crippen LogP contribution in [0.3, 0.4) is 0 Å². The Labute approximate surface area is 201 Å². The minimum atomic E-state index is -1.15. The molecule has 0 aromatic carbocycles. The molecule has 0 spiro atoms. The van der Waals surface area contributed by atoms with Crippen LogP contribution in [0.5, 0.6) is 0 Å². The molecular weight excluding hydrogens is 424 g/mol. The topological polar surface area (TPSA) is 116 Å². The van der Waals surface area contributed by atoms with Crippen LogP contribution in [0.2, 0.25) is 0 Å². The van der Waals surface area contributed by atoms with Gasteiger partial charge in [0.15, 0.2) is 0 Å². The quantitative estimate of drug-likeness (QED) is 0.135. The number of hydrogen-bond donors (Lipinski definition) is 4. The third kappa shape index (κ3) is 18.1. The van der Waals surface area contributed by atoms with Crippen LogP contribution in [0, 0.1) is 0 Å². The van der Waals surface area contributed by atoms with Gasteiger partial charge in [0.05, 0.1) is 6.61 Å². The van der Waals surface area contributed by atoms with Crippen molar-refractivity contribution < 1.29 is 34.7 Å². The Kier molecular flexibility index (Phi) is 22.1. The van der Waals surface area contributed by atoms with Crippen LogP contribution in [0.25, 0.3) is 0 Å². The summed E-state index contributed by atoms with van der Waals surface area (Å²) in [6, 6.07) is 0. The van der Waals surface area contributed by atoms with E-state index in [0.717, 1.165) is 25.7 Å². The minimum Gasteiger partial charge on any atom is -0.463 e. The summed E-state index contributed by atoms with van der Waals surface area (Å²) in [6.07, 6.45) is 16.5. The number of esters is 1. The molecule has 196 valence electrons. The summed E-state index contributed by atoms with van der Waals surface area (Å²) < 4.78 is 10.2. The second-order valence-corrected chi connectivity index (χ2v) is 8.76. The fraction of sp³-hybridized carbons (Fsp3) is 0.885. The number of ether oxygens (including phenoxy) is 2. The van der Waals surface area contributed by atoms with Crippen LogP contribution < -0.4 is 0 Å². The summed E-state index contributed by atoms with van der Waals surface area (Å²) in [7, 11) is 0. The molecule has 0 aromatic heterocycles. The summed E-state index contributed by atoms with van der Waals surface area (Å²) >= 11 is 0. The van der Waals surface area contributed by atoms with Crippen molar-refractivity contribution in [1.29, 1.82) is 0 Å². The van der Waals surface area contributed by atoms with Gasteiger partial charge >= 0.3 is 5.97 Å².